The van der Waals surface area contributed by atoms with E-state index in [0.717, 1.165) is 0 Å². The van der Waals surface area contributed by atoms with Crippen molar-refractivity contribution in [3.8, 4) is 0 Å². The van der Waals surface area contributed by atoms with Crippen LogP contribution in [0.1, 0.15) is 54.4 Å². The molecule has 3 amide bonds. The normalized spacial score (nSPS) is 16.2. The van der Waals surface area contributed by atoms with Crippen molar-refractivity contribution in [2.75, 3.05) is 12.0 Å². The Hall–Kier alpha value is -1.81. The van der Waals surface area contributed by atoms with Crippen molar-refractivity contribution in [2.24, 2.45) is 23.5 Å². The second-order valence-corrected chi connectivity index (χ2v) is 9.54. The first kappa shape index (κ1) is 29.2. The second-order valence-electron chi connectivity index (χ2n) is 8.55. The number of nitrogens with one attached hydrogen (secondary N) is 3. The number of amides is 3. The molecule has 31 heavy (non-hydrogen) atoms. The summed E-state index contributed by atoms with van der Waals surface area (Å²) in [7, 11) is 0. The van der Waals surface area contributed by atoms with Crippen LogP contribution < -0.4 is 21.7 Å². The Bertz CT molecular complexity index is 615. The van der Waals surface area contributed by atoms with Gasteiger partial charge in [0.1, 0.15) is 18.1 Å². The highest BCUT2D eigenvalue weighted by atomic mass is 32.2. The summed E-state index contributed by atoms with van der Waals surface area (Å²) < 4.78 is 0. The molecule has 0 bridgehead atoms. The molecule has 0 aromatic rings. The fraction of sp³-hybridized carbons (Fsp3) is 0.810. The number of hydrogen-bond donors (Lipinski definition) is 5. The number of carbonyl (C=O) groups excluding carboxylic acids is 3. The third-order valence-corrected chi connectivity index (χ3v) is 5.93. The molecule has 0 saturated carbocycles. The molecule has 0 rings (SSSR count). The number of carbonyl (C=O) groups is 4. The zero-order valence-corrected chi connectivity index (χ0v) is 20.5. The van der Waals surface area contributed by atoms with Crippen LogP contribution in [0, 0.1) is 17.8 Å². The molecule has 0 aliphatic carbocycles. The van der Waals surface area contributed by atoms with Crippen molar-refractivity contribution >= 4 is 35.5 Å². The van der Waals surface area contributed by atoms with Crippen molar-refractivity contribution in [3.05, 3.63) is 0 Å². The zero-order chi connectivity index (χ0) is 24.3. The number of rotatable bonds is 14. The van der Waals surface area contributed by atoms with Crippen molar-refractivity contribution in [1.82, 2.24) is 16.0 Å². The standard InChI is InChI=1S/C21H40N4O5S/c1-8-13(6)17(20(28)23-14(21(29)30)9-10-31-7)25-19(27)16(12(4)5)24-18(26)15(22)11(2)3/h11-17H,8-10,22H2,1-7H3,(H,23,28)(H,24,26)(H,25,27)(H,29,30). The summed E-state index contributed by atoms with van der Waals surface area (Å²) in [4.78, 5) is 49.7. The largest absolute Gasteiger partial charge is 0.480 e. The van der Waals surface area contributed by atoms with Crippen molar-refractivity contribution in [1.29, 1.82) is 0 Å². The van der Waals surface area contributed by atoms with E-state index in [1.807, 2.05) is 27.0 Å². The Morgan fingerprint density at radius 1 is 0.871 bits per heavy atom. The molecule has 5 unspecified atom stereocenters. The molecule has 0 aliphatic heterocycles. The minimum atomic E-state index is -1.12. The predicted octanol–water partition coefficient (Wildman–Crippen LogP) is 0.964. The number of carboxylic acid groups (broad SMARTS) is 1. The summed E-state index contributed by atoms with van der Waals surface area (Å²) in [5, 5.41) is 17.3. The monoisotopic (exact) mass is 460 g/mol. The van der Waals surface area contributed by atoms with Gasteiger partial charge < -0.3 is 26.8 Å². The van der Waals surface area contributed by atoms with E-state index in [9.17, 15) is 24.3 Å². The number of hydrogen-bond acceptors (Lipinski definition) is 6. The molecule has 0 radical (unpaired) electrons. The number of nitrogens with two attached hydrogens (primary N) is 1. The molecule has 0 spiro atoms. The van der Waals surface area contributed by atoms with E-state index in [-0.39, 0.29) is 24.2 Å². The minimum absolute atomic E-state index is 0.0938. The Morgan fingerprint density at radius 3 is 1.81 bits per heavy atom. The molecule has 0 fully saturated rings. The smallest absolute Gasteiger partial charge is 0.326 e. The molecule has 0 aromatic heterocycles. The lowest BCUT2D eigenvalue weighted by atomic mass is 9.95. The Balaban J connectivity index is 5.46. The highest BCUT2D eigenvalue weighted by Crippen LogP contribution is 2.12. The van der Waals surface area contributed by atoms with Crippen LogP contribution >= 0.6 is 11.8 Å². The third kappa shape index (κ3) is 9.90. The molecule has 10 heteroatoms. The lowest BCUT2D eigenvalue weighted by molar-refractivity contribution is -0.142. The van der Waals surface area contributed by atoms with Crippen LogP contribution in [0.25, 0.3) is 0 Å². The topological polar surface area (TPSA) is 151 Å². The summed E-state index contributed by atoms with van der Waals surface area (Å²) in [5.41, 5.74) is 5.89. The summed E-state index contributed by atoms with van der Waals surface area (Å²) in [6.45, 7) is 10.9. The first-order chi connectivity index (χ1) is 14.4. The lowest BCUT2D eigenvalue weighted by Gasteiger charge is -2.29. The Morgan fingerprint density at radius 2 is 1.39 bits per heavy atom. The first-order valence-corrected chi connectivity index (χ1v) is 12.1. The van der Waals surface area contributed by atoms with Crippen molar-refractivity contribution in [3.63, 3.8) is 0 Å². The van der Waals surface area contributed by atoms with Gasteiger partial charge in [-0.25, -0.2) is 4.79 Å². The van der Waals surface area contributed by atoms with E-state index in [0.29, 0.717) is 12.2 Å². The van der Waals surface area contributed by atoms with Gasteiger partial charge in [-0.05, 0) is 36.2 Å². The van der Waals surface area contributed by atoms with Gasteiger partial charge in [0.15, 0.2) is 0 Å². The quantitative estimate of drug-likeness (QED) is 0.259. The lowest BCUT2D eigenvalue weighted by Crippen LogP contribution is -2.60. The molecule has 5 atom stereocenters. The van der Waals surface area contributed by atoms with Crippen LogP contribution in [0.2, 0.25) is 0 Å². The second kappa shape index (κ2) is 14.3. The van der Waals surface area contributed by atoms with Crippen molar-refractivity contribution < 1.29 is 24.3 Å². The molecule has 0 aliphatic rings. The highest BCUT2D eigenvalue weighted by Gasteiger charge is 2.33. The van der Waals surface area contributed by atoms with Crippen LogP contribution in [0.4, 0.5) is 0 Å². The van der Waals surface area contributed by atoms with Crippen LogP contribution in [-0.4, -0.2) is 65.0 Å². The van der Waals surface area contributed by atoms with Crippen LogP contribution in [0.5, 0.6) is 0 Å². The van der Waals surface area contributed by atoms with E-state index in [1.165, 1.54) is 11.8 Å². The van der Waals surface area contributed by atoms with Crippen LogP contribution in [0.15, 0.2) is 0 Å². The summed E-state index contributed by atoms with van der Waals surface area (Å²) in [6.07, 6.45) is 2.73. The maximum absolute atomic E-state index is 13.0. The molecular formula is C21H40N4O5S. The molecule has 0 saturated heterocycles. The van der Waals surface area contributed by atoms with E-state index in [1.54, 1.807) is 20.8 Å². The van der Waals surface area contributed by atoms with Crippen LogP contribution in [0.3, 0.4) is 0 Å². The summed E-state index contributed by atoms with van der Waals surface area (Å²) >= 11 is 1.49. The van der Waals surface area contributed by atoms with Crippen molar-refractivity contribution in [2.45, 2.75) is 78.6 Å². The molecule has 9 nitrogen and oxygen atoms in total. The van der Waals surface area contributed by atoms with E-state index >= 15 is 0 Å². The van der Waals surface area contributed by atoms with Gasteiger partial charge >= 0.3 is 5.97 Å². The van der Waals surface area contributed by atoms with Gasteiger partial charge in [-0.2, -0.15) is 11.8 Å². The number of aliphatic carboxylic acids is 1. The van der Waals surface area contributed by atoms with Gasteiger partial charge in [-0.1, -0.05) is 48.0 Å². The maximum atomic E-state index is 13.0. The maximum Gasteiger partial charge on any atom is 0.326 e. The fourth-order valence-electron chi connectivity index (χ4n) is 2.79. The first-order valence-electron chi connectivity index (χ1n) is 10.8. The van der Waals surface area contributed by atoms with Gasteiger partial charge in [0.2, 0.25) is 17.7 Å². The number of thioether (sulfide) groups is 1. The average Bonchev–Trinajstić information content (AvgIpc) is 2.70. The van der Waals surface area contributed by atoms with Crippen LogP contribution in [-0.2, 0) is 19.2 Å². The van der Waals surface area contributed by atoms with E-state index in [4.69, 9.17) is 5.73 Å². The van der Waals surface area contributed by atoms with Gasteiger partial charge in [0.05, 0.1) is 6.04 Å². The molecular weight excluding hydrogens is 420 g/mol. The number of carboxylic acids is 1. The van der Waals surface area contributed by atoms with Gasteiger partial charge in [-0.3, -0.25) is 14.4 Å². The SMILES string of the molecule is CCC(C)C(NC(=O)C(NC(=O)C(N)C(C)C)C(C)C)C(=O)NC(CCSC)C(=O)O. The zero-order valence-electron chi connectivity index (χ0n) is 19.7. The van der Waals surface area contributed by atoms with Gasteiger partial charge in [0, 0.05) is 0 Å². The third-order valence-electron chi connectivity index (χ3n) is 5.29. The van der Waals surface area contributed by atoms with Gasteiger partial charge in [0.25, 0.3) is 0 Å². The molecule has 180 valence electrons. The average molecular weight is 461 g/mol. The van der Waals surface area contributed by atoms with E-state index < -0.39 is 47.9 Å². The molecule has 6 N–H and O–H groups in total. The Kier molecular flexibility index (Phi) is 13.5. The molecule has 0 heterocycles. The highest BCUT2D eigenvalue weighted by molar-refractivity contribution is 7.98. The Labute approximate surface area is 190 Å². The minimum Gasteiger partial charge on any atom is -0.480 e. The summed E-state index contributed by atoms with van der Waals surface area (Å²) in [6, 6.07) is -3.59. The van der Waals surface area contributed by atoms with E-state index in [2.05, 4.69) is 16.0 Å². The fourth-order valence-corrected chi connectivity index (χ4v) is 3.26. The molecule has 0 aromatic carbocycles. The summed E-state index contributed by atoms with van der Waals surface area (Å²) in [5.74, 6) is -2.60. The van der Waals surface area contributed by atoms with Gasteiger partial charge in [-0.15, -0.1) is 0 Å². The predicted molar refractivity (Wildman–Crippen MR) is 124 cm³/mol.